The van der Waals surface area contributed by atoms with Crippen LogP contribution >= 0.6 is 0 Å². The van der Waals surface area contributed by atoms with Crippen molar-refractivity contribution < 1.29 is 23.5 Å². The number of carbonyl (C=O) groups excluding carboxylic acids is 2. The van der Waals surface area contributed by atoms with Crippen molar-refractivity contribution in [2.75, 3.05) is 37.4 Å². The number of alkyl carbamates (subject to hydrolysis) is 1. The molecule has 3 amide bonds. The monoisotopic (exact) mass is 557 g/mol. The molecule has 0 fully saturated rings. The Kier molecular flexibility index (Phi) is 10.3. The maximum Gasteiger partial charge on any atom is 0.408 e. The SMILES string of the molecule is CCN(CC)C[C@@H](OC(=O)NCc1cccc(NC(=O)Nc2ccc(-c3cnco3)c(OC)c2)c1)c1ccccc1. The maximum absolute atomic E-state index is 12.7. The largest absolute Gasteiger partial charge is 0.496 e. The number of anilines is 2. The summed E-state index contributed by atoms with van der Waals surface area (Å²) in [6.07, 6.45) is 2.03. The number of hydrogen-bond donors (Lipinski definition) is 3. The Balaban J connectivity index is 1.32. The van der Waals surface area contributed by atoms with Gasteiger partial charge < -0.3 is 29.8 Å². The number of ether oxygens (including phenoxy) is 2. The summed E-state index contributed by atoms with van der Waals surface area (Å²) in [7, 11) is 1.54. The smallest absolute Gasteiger partial charge is 0.408 e. The molecule has 10 heteroatoms. The Hall–Kier alpha value is -4.83. The zero-order valence-corrected chi connectivity index (χ0v) is 23.4. The Bertz CT molecular complexity index is 1410. The second kappa shape index (κ2) is 14.5. The lowest BCUT2D eigenvalue weighted by Gasteiger charge is -2.25. The third-order valence-electron chi connectivity index (χ3n) is 6.52. The van der Waals surface area contributed by atoms with Crippen LogP contribution in [0.1, 0.15) is 31.1 Å². The summed E-state index contributed by atoms with van der Waals surface area (Å²) in [4.78, 5) is 31.5. The third-order valence-corrected chi connectivity index (χ3v) is 6.52. The van der Waals surface area contributed by atoms with E-state index in [2.05, 4.69) is 39.7 Å². The molecular weight excluding hydrogens is 522 g/mol. The Morgan fingerprint density at radius 1 is 0.951 bits per heavy atom. The van der Waals surface area contributed by atoms with Gasteiger partial charge in [0.2, 0.25) is 0 Å². The van der Waals surface area contributed by atoms with Crippen LogP contribution in [0.4, 0.5) is 21.0 Å². The first-order valence-corrected chi connectivity index (χ1v) is 13.4. The maximum atomic E-state index is 12.7. The zero-order chi connectivity index (χ0) is 29.0. The highest BCUT2D eigenvalue weighted by Crippen LogP contribution is 2.32. The number of nitrogens with one attached hydrogen (secondary N) is 3. The summed E-state index contributed by atoms with van der Waals surface area (Å²) in [6, 6.07) is 21.8. The van der Waals surface area contributed by atoms with Crippen LogP contribution < -0.4 is 20.7 Å². The number of rotatable bonds is 12. The van der Waals surface area contributed by atoms with E-state index in [1.165, 1.54) is 6.39 Å². The van der Waals surface area contributed by atoms with Crippen molar-refractivity contribution in [3.63, 3.8) is 0 Å². The number of aromatic nitrogens is 1. The molecule has 0 unspecified atom stereocenters. The van der Waals surface area contributed by atoms with Gasteiger partial charge >= 0.3 is 12.1 Å². The summed E-state index contributed by atoms with van der Waals surface area (Å²) >= 11 is 0. The molecule has 4 aromatic rings. The Morgan fingerprint density at radius 3 is 2.39 bits per heavy atom. The van der Waals surface area contributed by atoms with E-state index in [9.17, 15) is 9.59 Å². The van der Waals surface area contributed by atoms with Crippen LogP contribution in [-0.4, -0.2) is 48.8 Å². The van der Waals surface area contributed by atoms with E-state index in [0.29, 0.717) is 29.4 Å². The topological polar surface area (TPSA) is 118 Å². The molecule has 3 aromatic carbocycles. The molecule has 0 aliphatic carbocycles. The summed E-state index contributed by atoms with van der Waals surface area (Å²) in [5.74, 6) is 1.10. The predicted molar refractivity (Wildman–Crippen MR) is 158 cm³/mol. The van der Waals surface area contributed by atoms with Crippen molar-refractivity contribution in [2.45, 2.75) is 26.5 Å². The number of benzene rings is 3. The highest BCUT2D eigenvalue weighted by atomic mass is 16.6. The summed E-state index contributed by atoms with van der Waals surface area (Å²) in [5, 5.41) is 8.44. The van der Waals surface area contributed by atoms with Gasteiger partial charge in [-0.15, -0.1) is 0 Å². The second-order valence-electron chi connectivity index (χ2n) is 9.20. The molecule has 0 aliphatic heterocycles. The zero-order valence-electron chi connectivity index (χ0n) is 23.4. The summed E-state index contributed by atoms with van der Waals surface area (Å²) in [5.41, 5.74) is 3.58. The number of carbonyl (C=O) groups is 2. The first-order chi connectivity index (χ1) is 20.0. The lowest BCUT2D eigenvalue weighted by atomic mass is 10.1. The van der Waals surface area contributed by atoms with Gasteiger partial charge in [-0.05, 0) is 48.5 Å². The highest BCUT2D eigenvalue weighted by Gasteiger charge is 2.19. The van der Waals surface area contributed by atoms with E-state index in [-0.39, 0.29) is 6.54 Å². The molecule has 3 N–H and O–H groups in total. The van der Waals surface area contributed by atoms with Gasteiger partial charge in [0, 0.05) is 30.5 Å². The molecule has 214 valence electrons. The van der Waals surface area contributed by atoms with E-state index in [0.717, 1.165) is 29.8 Å². The van der Waals surface area contributed by atoms with E-state index < -0.39 is 18.2 Å². The fourth-order valence-corrected chi connectivity index (χ4v) is 4.31. The molecule has 0 saturated carbocycles. The van der Waals surface area contributed by atoms with Crippen LogP contribution in [0.3, 0.4) is 0 Å². The van der Waals surface area contributed by atoms with Gasteiger partial charge in [-0.1, -0.05) is 56.3 Å². The Morgan fingerprint density at radius 2 is 1.71 bits per heavy atom. The van der Waals surface area contributed by atoms with Gasteiger partial charge in [-0.25, -0.2) is 14.6 Å². The minimum absolute atomic E-state index is 0.239. The van der Waals surface area contributed by atoms with Crippen LogP contribution in [-0.2, 0) is 11.3 Å². The molecule has 4 rings (SSSR count). The number of methoxy groups -OCH3 is 1. The summed E-state index contributed by atoms with van der Waals surface area (Å²) < 4.78 is 16.6. The lowest BCUT2D eigenvalue weighted by Crippen LogP contribution is -2.33. The van der Waals surface area contributed by atoms with Gasteiger partial charge in [0.15, 0.2) is 12.2 Å². The normalized spacial score (nSPS) is 11.5. The minimum Gasteiger partial charge on any atom is -0.496 e. The first kappa shape index (κ1) is 29.2. The van der Waals surface area contributed by atoms with Gasteiger partial charge in [0.05, 0.1) is 18.9 Å². The third kappa shape index (κ3) is 8.33. The number of likely N-dealkylation sites (N-methyl/N-ethyl adjacent to an activating group) is 1. The van der Waals surface area contributed by atoms with E-state index in [4.69, 9.17) is 13.9 Å². The van der Waals surface area contributed by atoms with Crippen LogP contribution in [0.5, 0.6) is 5.75 Å². The van der Waals surface area contributed by atoms with Crippen molar-refractivity contribution in [3.8, 4) is 17.1 Å². The number of nitrogens with zero attached hydrogens (tertiary/aromatic N) is 2. The molecule has 1 atom stereocenters. The minimum atomic E-state index is -0.509. The number of oxazole rings is 1. The van der Waals surface area contributed by atoms with Crippen LogP contribution in [0.15, 0.2) is 89.8 Å². The van der Waals surface area contributed by atoms with Gasteiger partial charge in [-0.3, -0.25) is 4.90 Å². The molecule has 10 nitrogen and oxygen atoms in total. The van der Waals surface area contributed by atoms with Crippen molar-refractivity contribution in [3.05, 3.63) is 96.5 Å². The molecule has 41 heavy (non-hydrogen) atoms. The summed E-state index contributed by atoms with van der Waals surface area (Å²) in [6.45, 7) is 6.73. The second-order valence-corrected chi connectivity index (χ2v) is 9.20. The fourth-order valence-electron chi connectivity index (χ4n) is 4.31. The fraction of sp³-hybridized carbons (Fsp3) is 0.258. The van der Waals surface area contributed by atoms with Gasteiger partial charge in [-0.2, -0.15) is 0 Å². The van der Waals surface area contributed by atoms with E-state index in [1.54, 1.807) is 49.7 Å². The van der Waals surface area contributed by atoms with Crippen LogP contribution in [0.2, 0.25) is 0 Å². The van der Waals surface area contributed by atoms with Crippen molar-refractivity contribution in [2.24, 2.45) is 0 Å². The van der Waals surface area contributed by atoms with Crippen molar-refractivity contribution in [1.29, 1.82) is 0 Å². The van der Waals surface area contributed by atoms with Crippen LogP contribution in [0.25, 0.3) is 11.3 Å². The molecule has 0 spiro atoms. The molecule has 0 aliphatic rings. The molecule has 1 aromatic heterocycles. The van der Waals surface area contributed by atoms with Crippen LogP contribution in [0, 0.1) is 0 Å². The number of urea groups is 1. The molecule has 0 radical (unpaired) electrons. The number of amides is 3. The quantitative estimate of drug-likeness (QED) is 0.187. The molecule has 1 heterocycles. The van der Waals surface area contributed by atoms with Crippen molar-refractivity contribution in [1.82, 2.24) is 15.2 Å². The molecule has 0 bridgehead atoms. The lowest BCUT2D eigenvalue weighted by molar-refractivity contribution is 0.0716. The number of hydrogen-bond acceptors (Lipinski definition) is 7. The first-order valence-electron chi connectivity index (χ1n) is 13.4. The van der Waals surface area contributed by atoms with E-state index in [1.807, 2.05) is 36.4 Å². The molecule has 0 saturated heterocycles. The van der Waals surface area contributed by atoms with Crippen molar-refractivity contribution >= 4 is 23.5 Å². The highest BCUT2D eigenvalue weighted by molar-refractivity contribution is 6.00. The Labute approximate surface area is 239 Å². The molecular formula is C31H35N5O5. The van der Waals surface area contributed by atoms with Gasteiger partial charge in [0.25, 0.3) is 0 Å². The predicted octanol–water partition coefficient (Wildman–Crippen LogP) is 6.30. The average Bonchev–Trinajstić information content (AvgIpc) is 3.53. The van der Waals surface area contributed by atoms with E-state index >= 15 is 0 Å². The average molecular weight is 558 g/mol. The standard InChI is InChI=1S/C31H35N5O5/c1-4-36(5-2)20-29(23-11-7-6-8-12-23)41-31(38)33-18-22-10-9-13-24(16-22)34-30(37)35-25-14-15-26(27(17-25)39-3)28-19-32-21-40-28/h6-17,19,21,29H,4-5,18,20H2,1-3H3,(H,33,38)(H2,34,35,37)/t29-/m1/s1. The van der Waals surface area contributed by atoms with Gasteiger partial charge in [0.1, 0.15) is 11.9 Å².